The minimum atomic E-state index is -0.121. The molecule has 1 aliphatic heterocycles. The van der Waals surface area contributed by atoms with E-state index in [1.807, 2.05) is 6.92 Å². The Morgan fingerprint density at radius 2 is 2.58 bits per heavy atom. The Balaban J connectivity index is 2.48. The van der Waals surface area contributed by atoms with Gasteiger partial charge in [-0.2, -0.15) is 0 Å². The molecule has 0 spiro atoms. The third-order valence-electron chi connectivity index (χ3n) is 2.03. The Hall–Kier alpha value is -0.830. The Morgan fingerprint density at radius 1 is 1.83 bits per heavy atom. The molecular weight excluding hydrogens is 154 g/mol. The van der Waals surface area contributed by atoms with Crippen LogP contribution in [-0.4, -0.2) is 25.7 Å². The van der Waals surface area contributed by atoms with Gasteiger partial charge in [0.2, 0.25) is 0 Å². The molecule has 1 N–H and O–H groups in total. The normalized spacial score (nSPS) is 23.8. The molecule has 0 bridgehead atoms. The molecule has 68 valence electrons. The highest BCUT2D eigenvalue weighted by Gasteiger charge is 2.24. The molecule has 0 amide bonds. The summed E-state index contributed by atoms with van der Waals surface area (Å²) in [6, 6.07) is 0. The zero-order chi connectivity index (χ0) is 8.97. The van der Waals surface area contributed by atoms with Gasteiger partial charge in [0, 0.05) is 6.54 Å². The zero-order valence-electron chi connectivity index (χ0n) is 7.43. The van der Waals surface area contributed by atoms with Crippen molar-refractivity contribution in [2.45, 2.75) is 13.3 Å². The summed E-state index contributed by atoms with van der Waals surface area (Å²) in [5.41, 5.74) is 0.944. The van der Waals surface area contributed by atoms with Crippen LogP contribution in [0.25, 0.3) is 0 Å². The first-order valence-electron chi connectivity index (χ1n) is 4.30. The number of rotatable bonds is 2. The van der Waals surface area contributed by atoms with Gasteiger partial charge < -0.3 is 10.1 Å². The molecule has 1 rings (SSSR count). The van der Waals surface area contributed by atoms with Gasteiger partial charge in [0.25, 0.3) is 0 Å². The lowest BCUT2D eigenvalue weighted by Crippen LogP contribution is -2.34. The highest BCUT2D eigenvalue weighted by molar-refractivity contribution is 5.76. The van der Waals surface area contributed by atoms with Crippen LogP contribution in [0.1, 0.15) is 13.3 Å². The van der Waals surface area contributed by atoms with Crippen molar-refractivity contribution in [2.24, 2.45) is 5.92 Å². The number of hydrogen-bond acceptors (Lipinski definition) is 3. The molecule has 1 atom stereocenters. The molecule has 0 saturated carbocycles. The van der Waals surface area contributed by atoms with Crippen molar-refractivity contribution < 1.29 is 9.53 Å². The van der Waals surface area contributed by atoms with Crippen LogP contribution >= 0.6 is 0 Å². The maximum Gasteiger partial charge on any atom is 0.313 e. The summed E-state index contributed by atoms with van der Waals surface area (Å²) in [6.45, 7) is 7.73. The summed E-state index contributed by atoms with van der Waals surface area (Å²) < 4.78 is 4.92. The van der Waals surface area contributed by atoms with E-state index in [1.54, 1.807) is 0 Å². The summed E-state index contributed by atoms with van der Waals surface area (Å²) in [4.78, 5) is 11.3. The molecule has 3 heteroatoms. The van der Waals surface area contributed by atoms with E-state index < -0.39 is 0 Å². The quantitative estimate of drug-likeness (QED) is 0.489. The van der Waals surface area contributed by atoms with Crippen molar-refractivity contribution in [1.29, 1.82) is 0 Å². The maximum absolute atomic E-state index is 11.3. The van der Waals surface area contributed by atoms with E-state index in [4.69, 9.17) is 4.74 Å². The lowest BCUT2D eigenvalue weighted by Gasteiger charge is -2.23. The Labute approximate surface area is 72.8 Å². The lowest BCUT2D eigenvalue weighted by molar-refractivity contribution is -0.147. The van der Waals surface area contributed by atoms with Gasteiger partial charge in [0.05, 0.1) is 12.5 Å². The number of nitrogens with one attached hydrogen (secondary N) is 1. The monoisotopic (exact) mass is 169 g/mol. The first-order valence-corrected chi connectivity index (χ1v) is 4.30. The van der Waals surface area contributed by atoms with Crippen molar-refractivity contribution in [2.75, 3.05) is 19.7 Å². The Bertz CT molecular complexity index is 189. The van der Waals surface area contributed by atoms with Crippen LogP contribution < -0.4 is 5.32 Å². The second-order valence-corrected chi connectivity index (χ2v) is 2.93. The molecule has 0 aromatic carbocycles. The molecule has 12 heavy (non-hydrogen) atoms. The summed E-state index contributed by atoms with van der Waals surface area (Å²) in [6.07, 6.45) is 0.817. The van der Waals surface area contributed by atoms with Crippen molar-refractivity contribution in [3.63, 3.8) is 0 Å². The maximum atomic E-state index is 11.3. The van der Waals surface area contributed by atoms with E-state index in [2.05, 4.69) is 11.9 Å². The van der Waals surface area contributed by atoms with Gasteiger partial charge in [-0.1, -0.05) is 6.58 Å². The van der Waals surface area contributed by atoms with Gasteiger partial charge in [-0.05, 0) is 25.5 Å². The Kier molecular flexibility index (Phi) is 3.29. The fraction of sp³-hybridized carbons (Fsp3) is 0.667. The summed E-state index contributed by atoms with van der Waals surface area (Å²) in [5.74, 6) is -0.199. The number of hydrogen-bond donors (Lipinski definition) is 1. The highest BCUT2D eigenvalue weighted by Crippen LogP contribution is 2.17. The zero-order valence-corrected chi connectivity index (χ0v) is 7.43. The first kappa shape index (κ1) is 9.26. The van der Waals surface area contributed by atoms with Crippen LogP contribution in [0.3, 0.4) is 0 Å². The van der Waals surface area contributed by atoms with Crippen molar-refractivity contribution in [3.8, 4) is 0 Å². The summed E-state index contributed by atoms with van der Waals surface area (Å²) in [7, 11) is 0. The third-order valence-corrected chi connectivity index (χ3v) is 2.03. The second-order valence-electron chi connectivity index (χ2n) is 2.93. The lowest BCUT2D eigenvalue weighted by atomic mass is 9.94. The third kappa shape index (κ3) is 2.08. The molecule has 0 radical (unpaired) electrons. The van der Waals surface area contributed by atoms with E-state index >= 15 is 0 Å². The van der Waals surface area contributed by atoms with Crippen molar-refractivity contribution in [1.82, 2.24) is 5.32 Å². The first-order chi connectivity index (χ1) is 5.75. The molecule has 1 heterocycles. The molecule has 3 nitrogen and oxygen atoms in total. The minimum Gasteiger partial charge on any atom is -0.466 e. The summed E-state index contributed by atoms with van der Waals surface area (Å²) >= 11 is 0. The van der Waals surface area contributed by atoms with E-state index in [1.165, 1.54) is 0 Å². The summed E-state index contributed by atoms with van der Waals surface area (Å²) in [5, 5.41) is 3.15. The van der Waals surface area contributed by atoms with Crippen LogP contribution in [-0.2, 0) is 9.53 Å². The van der Waals surface area contributed by atoms with Crippen LogP contribution in [0.15, 0.2) is 12.2 Å². The van der Waals surface area contributed by atoms with Gasteiger partial charge in [-0.15, -0.1) is 0 Å². The smallest absolute Gasteiger partial charge is 0.313 e. The van der Waals surface area contributed by atoms with Gasteiger partial charge >= 0.3 is 5.97 Å². The predicted molar refractivity (Wildman–Crippen MR) is 46.7 cm³/mol. The fourth-order valence-electron chi connectivity index (χ4n) is 1.35. The molecule has 0 aromatic heterocycles. The Morgan fingerprint density at radius 3 is 3.17 bits per heavy atom. The van der Waals surface area contributed by atoms with E-state index in [0.29, 0.717) is 6.61 Å². The molecule has 1 saturated heterocycles. The van der Waals surface area contributed by atoms with Crippen molar-refractivity contribution >= 4 is 5.97 Å². The number of carbonyl (C=O) groups is 1. The molecule has 1 aliphatic rings. The van der Waals surface area contributed by atoms with Gasteiger partial charge in [-0.3, -0.25) is 4.79 Å². The molecular formula is C9H15NO2. The standard InChI is InChI=1S/C9H15NO2/c1-3-12-9(11)8-4-5-10-6-7(8)2/h8,10H,2-6H2,1H3. The van der Waals surface area contributed by atoms with Crippen LogP contribution in [0, 0.1) is 5.92 Å². The molecule has 0 aromatic rings. The second kappa shape index (κ2) is 4.26. The topological polar surface area (TPSA) is 38.3 Å². The average molecular weight is 169 g/mol. The van der Waals surface area contributed by atoms with Gasteiger partial charge in [0.1, 0.15) is 0 Å². The van der Waals surface area contributed by atoms with Crippen LogP contribution in [0.4, 0.5) is 0 Å². The van der Waals surface area contributed by atoms with Gasteiger partial charge in [0.15, 0.2) is 0 Å². The SMILES string of the molecule is C=C1CNCCC1C(=O)OCC. The molecule has 0 aliphatic carbocycles. The number of ether oxygens (including phenoxy) is 1. The van der Waals surface area contributed by atoms with Crippen LogP contribution in [0.2, 0.25) is 0 Å². The number of carbonyl (C=O) groups excluding carboxylic acids is 1. The number of piperidine rings is 1. The predicted octanol–water partition coefficient (Wildman–Crippen LogP) is 0.715. The van der Waals surface area contributed by atoms with Crippen molar-refractivity contribution in [3.05, 3.63) is 12.2 Å². The fourth-order valence-corrected chi connectivity index (χ4v) is 1.35. The van der Waals surface area contributed by atoms with E-state index in [-0.39, 0.29) is 11.9 Å². The van der Waals surface area contributed by atoms with Gasteiger partial charge in [-0.25, -0.2) is 0 Å². The largest absolute Gasteiger partial charge is 0.466 e. The average Bonchev–Trinajstić information content (AvgIpc) is 2.05. The highest BCUT2D eigenvalue weighted by atomic mass is 16.5. The van der Waals surface area contributed by atoms with Crippen LogP contribution in [0.5, 0.6) is 0 Å². The number of esters is 1. The van der Waals surface area contributed by atoms with E-state index in [9.17, 15) is 4.79 Å². The molecule has 1 fully saturated rings. The van der Waals surface area contributed by atoms with E-state index in [0.717, 1.165) is 25.1 Å². The minimum absolute atomic E-state index is 0.0776. The molecule has 1 unspecified atom stereocenters.